The molecule has 0 aliphatic carbocycles. The zero-order valence-electron chi connectivity index (χ0n) is 12.4. The number of benzene rings is 1. The molecule has 1 aromatic rings. The van der Waals surface area contributed by atoms with Gasteiger partial charge in [-0.05, 0) is 63.1 Å². The molecule has 1 heterocycles. The van der Waals surface area contributed by atoms with E-state index in [1.165, 1.54) is 45.3 Å². The maximum absolute atomic E-state index is 9.70. The van der Waals surface area contributed by atoms with Crippen molar-refractivity contribution in [3.05, 3.63) is 23.8 Å². The largest absolute Gasteiger partial charge is 0.504 e. The van der Waals surface area contributed by atoms with Crippen LogP contribution in [0.2, 0.25) is 0 Å². The van der Waals surface area contributed by atoms with Crippen LogP contribution in [-0.2, 0) is 6.54 Å². The molecule has 2 rings (SSSR count). The maximum atomic E-state index is 9.70. The Bertz CT molecular complexity index is 403. The second-order valence-electron chi connectivity index (χ2n) is 5.44. The zero-order valence-corrected chi connectivity index (χ0v) is 12.4. The van der Waals surface area contributed by atoms with Gasteiger partial charge in [0.2, 0.25) is 0 Å². The number of aromatic hydroxyl groups is 1. The van der Waals surface area contributed by atoms with Crippen LogP contribution in [0.15, 0.2) is 18.2 Å². The van der Waals surface area contributed by atoms with Gasteiger partial charge in [-0.2, -0.15) is 0 Å². The third-order valence-electron chi connectivity index (χ3n) is 3.85. The fraction of sp³-hybridized carbons (Fsp3) is 0.625. The van der Waals surface area contributed by atoms with Crippen molar-refractivity contribution in [3.63, 3.8) is 0 Å². The molecule has 0 aromatic heterocycles. The number of hydrogen-bond donors (Lipinski definition) is 2. The summed E-state index contributed by atoms with van der Waals surface area (Å²) in [4.78, 5) is 2.56. The summed E-state index contributed by atoms with van der Waals surface area (Å²) in [6.07, 6.45) is 5.30. The number of rotatable bonds is 7. The number of nitrogens with zero attached hydrogens (tertiary/aromatic N) is 1. The van der Waals surface area contributed by atoms with Gasteiger partial charge in [-0.15, -0.1) is 0 Å². The van der Waals surface area contributed by atoms with Crippen LogP contribution < -0.4 is 10.1 Å². The number of ether oxygens (including phenoxy) is 1. The van der Waals surface area contributed by atoms with Crippen LogP contribution in [0.1, 0.15) is 31.2 Å². The summed E-state index contributed by atoms with van der Waals surface area (Å²) in [5.41, 5.74) is 1.08. The minimum absolute atomic E-state index is 0.208. The fourth-order valence-corrected chi connectivity index (χ4v) is 2.69. The van der Waals surface area contributed by atoms with Crippen LogP contribution in [-0.4, -0.2) is 43.3 Å². The number of methoxy groups -OCH3 is 1. The van der Waals surface area contributed by atoms with Crippen molar-refractivity contribution >= 4 is 0 Å². The lowest BCUT2D eigenvalue weighted by atomic mass is 10.1. The minimum atomic E-state index is 0.208. The molecule has 1 aromatic carbocycles. The minimum Gasteiger partial charge on any atom is -0.504 e. The molecule has 112 valence electrons. The lowest BCUT2D eigenvalue weighted by Gasteiger charge is -2.26. The Morgan fingerprint density at radius 1 is 1.25 bits per heavy atom. The van der Waals surface area contributed by atoms with E-state index in [9.17, 15) is 5.11 Å². The summed E-state index contributed by atoms with van der Waals surface area (Å²) in [7, 11) is 1.56. The van der Waals surface area contributed by atoms with Gasteiger partial charge in [-0.1, -0.05) is 12.5 Å². The van der Waals surface area contributed by atoms with Crippen LogP contribution in [0, 0.1) is 0 Å². The van der Waals surface area contributed by atoms with Gasteiger partial charge in [0.25, 0.3) is 0 Å². The Labute approximate surface area is 121 Å². The molecule has 1 saturated heterocycles. The van der Waals surface area contributed by atoms with Crippen LogP contribution >= 0.6 is 0 Å². The first-order chi connectivity index (χ1) is 9.79. The molecule has 0 spiro atoms. The van der Waals surface area contributed by atoms with Crippen LogP contribution in [0.4, 0.5) is 0 Å². The molecular formula is C16H26N2O2. The third kappa shape index (κ3) is 4.69. The molecule has 1 fully saturated rings. The summed E-state index contributed by atoms with van der Waals surface area (Å²) in [6.45, 7) is 5.54. The average molecular weight is 278 g/mol. The molecule has 0 atom stereocenters. The topological polar surface area (TPSA) is 44.7 Å². The van der Waals surface area contributed by atoms with Crippen molar-refractivity contribution in [2.45, 2.75) is 32.2 Å². The highest BCUT2D eigenvalue weighted by atomic mass is 16.5. The quantitative estimate of drug-likeness (QED) is 0.752. The molecular weight excluding hydrogens is 252 g/mol. The monoisotopic (exact) mass is 278 g/mol. The summed E-state index contributed by atoms with van der Waals surface area (Å²) < 4.78 is 5.03. The Morgan fingerprint density at radius 3 is 2.75 bits per heavy atom. The summed E-state index contributed by atoms with van der Waals surface area (Å²) in [5.74, 6) is 0.735. The molecule has 4 heteroatoms. The van der Waals surface area contributed by atoms with Crippen LogP contribution in [0.25, 0.3) is 0 Å². The molecule has 0 saturated carbocycles. The van der Waals surface area contributed by atoms with E-state index in [4.69, 9.17) is 4.74 Å². The third-order valence-corrected chi connectivity index (χ3v) is 3.85. The highest BCUT2D eigenvalue weighted by Gasteiger charge is 2.08. The van der Waals surface area contributed by atoms with Gasteiger partial charge in [0.15, 0.2) is 11.5 Å². The number of hydrogen-bond acceptors (Lipinski definition) is 4. The lowest BCUT2D eigenvalue weighted by Crippen LogP contribution is -2.32. The standard InChI is InChI=1S/C16H26N2O2/c1-20-16-7-6-14(12-15(16)19)13-17-8-5-11-18-9-3-2-4-10-18/h6-7,12,17,19H,2-5,8-11,13H2,1H3. The van der Waals surface area contributed by atoms with Crippen molar-refractivity contribution in [3.8, 4) is 11.5 Å². The summed E-state index contributed by atoms with van der Waals surface area (Å²) >= 11 is 0. The molecule has 0 bridgehead atoms. The molecule has 1 aliphatic heterocycles. The van der Waals surface area contributed by atoms with E-state index in [1.54, 1.807) is 19.2 Å². The van der Waals surface area contributed by atoms with Crippen molar-refractivity contribution in [1.29, 1.82) is 0 Å². The molecule has 0 amide bonds. The first-order valence-electron chi connectivity index (χ1n) is 7.58. The van der Waals surface area contributed by atoms with E-state index in [-0.39, 0.29) is 5.75 Å². The Balaban J connectivity index is 1.61. The molecule has 20 heavy (non-hydrogen) atoms. The Hall–Kier alpha value is -1.26. The van der Waals surface area contributed by atoms with Gasteiger partial charge in [0.1, 0.15) is 0 Å². The molecule has 1 aliphatic rings. The fourth-order valence-electron chi connectivity index (χ4n) is 2.69. The SMILES string of the molecule is COc1ccc(CNCCCN2CCCCC2)cc1O. The zero-order chi connectivity index (χ0) is 14.2. The highest BCUT2D eigenvalue weighted by molar-refractivity contribution is 5.41. The average Bonchev–Trinajstić information content (AvgIpc) is 2.48. The van der Waals surface area contributed by atoms with Gasteiger partial charge in [-0.25, -0.2) is 0 Å². The Kier molecular flexibility index (Phi) is 6.15. The van der Waals surface area contributed by atoms with Crippen molar-refractivity contribution in [2.24, 2.45) is 0 Å². The number of phenols is 1. The van der Waals surface area contributed by atoms with Crippen molar-refractivity contribution < 1.29 is 9.84 Å². The summed E-state index contributed by atoms with van der Waals surface area (Å²) in [6, 6.07) is 5.55. The number of phenolic OH excluding ortho intramolecular Hbond substituents is 1. The predicted octanol–water partition coefficient (Wildman–Crippen LogP) is 2.37. The Morgan fingerprint density at radius 2 is 2.05 bits per heavy atom. The van der Waals surface area contributed by atoms with E-state index >= 15 is 0 Å². The normalized spacial score (nSPS) is 16.2. The lowest BCUT2D eigenvalue weighted by molar-refractivity contribution is 0.225. The number of piperidine rings is 1. The first kappa shape index (κ1) is 15.1. The first-order valence-corrected chi connectivity index (χ1v) is 7.58. The van der Waals surface area contributed by atoms with Gasteiger partial charge < -0.3 is 20.1 Å². The van der Waals surface area contributed by atoms with Crippen LogP contribution in [0.5, 0.6) is 11.5 Å². The summed E-state index contributed by atoms with van der Waals surface area (Å²) in [5, 5.41) is 13.1. The second-order valence-corrected chi connectivity index (χ2v) is 5.44. The number of likely N-dealkylation sites (tertiary alicyclic amines) is 1. The van der Waals surface area contributed by atoms with Crippen molar-refractivity contribution in [1.82, 2.24) is 10.2 Å². The van der Waals surface area contributed by atoms with Gasteiger partial charge in [0.05, 0.1) is 7.11 Å². The molecule has 4 nitrogen and oxygen atoms in total. The van der Waals surface area contributed by atoms with E-state index < -0.39 is 0 Å². The van der Waals surface area contributed by atoms with Gasteiger partial charge in [0, 0.05) is 6.54 Å². The predicted molar refractivity (Wildman–Crippen MR) is 81.3 cm³/mol. The van der Waals surface area contributed by atoms with E-state index in [0.717, 1.165) is 18.7 Å². The van der Waals surface area contributed by atoms with Crippen LogP contribution in [0.3, 0.4) is 0 Å². The molecule has 2 N–H and O–H groups in total. The smallest absolute Gasteiger partial charge is 0.160 e. The van der Waals surface area contributed by atoms with E-state index in [2.05, 4.69) is 10.2 Å². The van der Waals surface area contributed by atoms with Gasteiger partial charge in [-0.3, -0.25) is 0 Å². The van der Waals surface area contributed by atoms with Gasteiger partial charge >= 0.3 is 0 Å². The maximum Gasteiger partial charge on any atom is 0.160 e. The van der Waals surface area contributed by atoms with E-state index in [1.807, 2.05) is 6.07 Å². The number of nitrogens with one attached hydrogen (secondary N) is 1. The second kappa shape index (κ2) is 8.12. The van der Waals surface area contributed by atoms with E-state index in [0.29, 0.717) is 5.75 Å². The van der Waals surface area contributed by atoms with Crippen molar-refractivity contribution in [2.75, 3.05) is 33.3 Å². The molecule has 0 radical (unpaired) electrons. The highest BCUT2D eigenvalue weighted by Crippen LogP contribution is 2.25. The molecule has 0 unspecified atom stereocenters.